The Morgan fingerprint density at radius 3 is 2.95 bits per heavy atom. The molecule has 0 radical (unpaired) electrons. The Morgan fingerprint density at radius 1 is 1.55 bits per heavy atom. The van der Waals surface area contributed by atoms with Gasteiger partial charge in [0.15, 0.2) is 11.5 Å². The fraction of sp³-hybridized carbons (Fsp3) is 0.545. The van der Waals surface area contributed by atoms with E-state index in [4.69, 9.17) is 27.9 Å². The maximum absolute atomic E-state index is 11.6. The number of halogens is 2. The topological polar surface area (TPSA) is 84.8 Å². The molecule has 1 aliphatic rings. The first-order valence-corrected chi connectivity index (χ1v) is 6.60. The number of aromatic nitrogens is 2. The number of methoxy groups -OCH3 is 1. The number of esters is 1. The zero-order valence-electron chi connectivity index (χ0n) is 10.7. The molecule has 20 heavy (non-hydrogen) atoms. The van der Waals surface area contributed by atoms with E-state index in [1.54, 1.807) is 4.90 Å². The molecule has 1 atom stereocenters. The third-order valence-electron chi connectivity index (χ3n) is 2.90. The number of aliphatic hydroxyl groups is 1. The predicted octanol–water partition coefficient (Wildman–Crippen LogP) is 0.767. The summed E-state index contributed by atoms with van der Waals surface area (Å²) in [7, 11) is 1.22. The summed E-state index contributed by atoms with van der Waals surface area (Å²) in [6, 6.07) is -0.308. The summed E-state index contributed by atoms with van der Waals surface area (Å²) in [6.07, 6.45) is 0. The summed E-state index contributed by atoms with van der Waals surface area (Å²) >= 11 is 12.0. The van der Waals surface area contributed by atoms with Crippen molar-refractivity contribution in [2.75, 3.05) is 38.4 Å². The van der Waals surface area contributed by atoms with Crippen LogP contribution in [0.5, 0.6) is 0 Å². The highest BCUT2D eigenvalue weighted by Crippen LogP contribution is 2.30. The van der Waals surface area contributed by atoms with E-state index in [-0.39, 0.29) is 34.5 Å². The van der Waals surface area contributed by atoms with Gasteiger partial charge in [-0.25, -0.2) is 9.78 Å². The van der Waals surface area contributed by atoms with E-state index in [9.17, 15) is 9.90 Å². The Morgan fingerprint density at radius 2 is 2.30 bits per heavy atom. The van der Waals surface area contributed by atoms with Crippen LogP contribution in [0.25, 0.3) is 0 Å². The smallest absolute Gasteiger partial charge is 0.358 e. The largest absolute Gasteiger partial charge is 0.464 e. The molecule has 7 nitrogen and oxygen atoms in total. The highest BCUT2D eigenvalue weighted by Gasteiger charge is 2.29. The molecular formula is C11H13Cl2N3O4. The summed E-state index contributed by atoms with van der Waals surface area (Å²) in [5, 5.41) is 9.30. The van der Waals surface area contributed by atoms with Crippen molar-refractivity contribution in [2.45, 2.75) is 6.04 Å². The van der Waals surface area contributed by atoms with E-state index >= 15 is 0 Å². The van der Waals surface area contributed by atoms with Crippen molar-refractivity contribution in [2.24, 2.45) is 0 Å². The number of hydrogen-bond acceptors (Lipinski definition) is 7. The fourth-order valence-corrected chi connectivity index (χ4v) is 2.35. The van der Waals surface area contributed by atoms with Gasteiger partial charge in [-0.2, -0.15) is 4.98 Å². The highest BCUT2D eigenvalue weighted by atomic mass is 35.5. The number of morpholine rings is 1. The number of anilines is 1. The van der Waals surface area contributed by atoms with Gasteiger partial charge in [-0.05, 0) is 11.6 Å². The van der Waals surface area contributed by atoms with Gasteiger partial charge in [-0.1, -0.05) is 11.6 Å². The molecule has 110 valence electrons. The fourth-order valence-electron chi connectivity index (χ4n) is 1.92. The van der Waals surface area contributed by atoms with Crippen molar-refractivity contribution in [1.29, 1.82) is 0 Å². The Hall–Kier alpha value is -1.15. The second kappa shape index (κ2) is 6.53. The summed E-state index contributed by atoms with van der Waals surface area (Å²) in [5.41, 5.74) is -0.104. The summed E-state index contributed by atoms with van der Waals surface area (Å²) in [4.78, 5) is 21.2. The van der Waals surface area contributed by atoms with Gasteiger partial charge in [-0.3, -0.25) is 0 Å². The summed E-state index contributed by atoms with van der Waals surface area (Å²) < 4.78 is 9.88. The summed E-state index contributed by atoms with van der Waals surface area (Å²) in [6.45, 7) is 1.13. The lowest BCUT2D eigenvalue weighted by molar-refractivity contribution is 0.0594. The minimum Gasteiger partial charge on any atom is -0.464 e. The van der Waals surface area contributed by atoms with E-state index < -0.39 is 5.97 Å². The Kier molecular flexibility index (Phi) is 4.98. The second-order valence-electron chi connectivity index (χ2n) is 4.08. The van der Waals surface area contributed by atoms with Gasteiger partial charge in [0, 0.05) is 6.54 Å². The average molecular weight is 322 g/mol. The van der Waals surface area contributed by atoms with Crippen molar-refractivity contribution in [3.8, 4) is 0 Å². The maximum Gasteiger partial charge on any atom is 0.358 e. The van der Waals surface area contributed by atoms with E-state index in [1.807, 2.05) is 0 Å². The van der Waals surface area contributed by atoms with Crippen LogP contribution in [0.1, 0.15) is 10.5 Å². The first-order chi connectivity index (χ1) is 9.58. The number of nitrogens with zero attached hydrogens (tertiary/aromatic N) is 3. The zero-order valence-corrected chi connectivity index (χ0v) is 12.2. The van der Waals surface area contributed by atoms with Gasteiger partial charge in [-0.15, -0.1) is 0 Å². The second-order valence-corrected chi connectivity index (χ2v) is 4.79. The van der Waals surface area contributed by atoms with Crippen LogP contribution >= 0.6 is 23.2 Å². The number of hydrogen-bond donors (Lipinski definition) is 1. The highest BCUT2D eigenvalue weighted by molar-refractivity contribution is 6.36. The lowest BCUT2D eigenvalue weighted by Gasteiger charge is -2.35. The molecule has 1 saturated heterocycles. The van der Waals surface area contributed by atoms with Crippen molar-refractivity contribution in [3.63, 3.8) is 0 Å². The predicted molar refractivity (Wildman–Crippen MR) is 72.4 cm³/mol. The molecule has 1 fully saturated rings. The number of aliphatic hydroxyl groups excluding tert-OH is 1. The van der Waals surface area contributed by atoms with Crippen molar-refractivity contribution in [3.05, 3.63) is 16.0 Å². The molecule has 0 spiro atoms. The molecule has 2 rings (SSSR count). The minimum atomic E-state index is -0.700. The van der Waals surface area contributed by atoms with E-state index in [2.05, 4.69) is 14.7 Å². The Balaban J connectivity index is 2.45. The van der Waals surface area contributed by atoms with E-state index in [0.29, 0.717) is 19.8 Å². The lowest BCUT2D eigenvalue weighted by atomic mass is 10.2. The number of carbonyl (C=O) groups excluding carboxylic acids is 1. The molecule has 0 bridgehead atoms. The van der Waals surface area contributed by atoms with Crippen LogP contribution in [0.15, 0.2) is 0 Å². The van der Waals surface area contributed by atoms with Crippen LogP contribution in [0.2, 0.25) is 10.3 Å². The van der Waals surface area contributed by atoms with Crippen LogP contribution < -0.4 is 4.90 Å². The number of carbonyl (C=O) groups is 1. The van der Waals surface area contributed by atoms with Crippen LogP contribution in [0.3, 0.4) is 0 Å². The molecule has 0 aromatic carbocycles. The molecule has 1 aliphatic heterocycles. The molecule has 0 saturated carbocycles. The average Bonchev–Trinajstić information content (AvgIpc) is 2.48. The number of rotatable bonds is 3. The van der Waals surface area contributed by atoms with Gasteiger partial charge in [0.25, 0.3) is 0 Å². The molecule has 2 heterocycles. The maximum atomic E-state index is 11.6. The third-order valence-corrected chi connectivity index (χ3v) is 3.41. The first kappa shape index (κ1) is 15.2. The van der Waals surface area contributed by atoms with Gasteiger partial charge >= 0.3 is 5.97 Å². The third kappa shape index (κ3) is 2.95. The molecule has 9 heteroatoms. The SMILES string of the molecule is COC(=O)c1nc(Cl)nc(N2CCOCC2CO)c1Cl. The normalized spacial score (nSPS) is 19.0. The van der Waals surface area contributed by atoms with Crippen LogP contribution in [-0.2, 0) is 9.47 Å². The molecular weight excluding hydrogens is 309 g/mol. The molecule has 0 aliphatic carbocycles. The molecule has 1 aromatic rings. The van der Waals surface area contributed by atoms with Crippen LogP contribution in [0, 0.1) is 0 Å². The Labute approximate surface area is 125 Å². The van der Waals surface area contributed by atoms with Crippen molar-refractivity contribution in [1.82, 2.24) is 9.97 Å². The van der Waals surface area contributed by atoms with E-state index in [0.717, 1.165) is 0 Å². The monoisotopic (exact) mass is 321 g/mol. The molecule has 1 aromatic heterocycles. The van der Waals surface area contributed by atoms with Crippen molar-refractivity contribution < 1.29 is 19.4 Å². The summed E-state index contributed by atoms with van der Waals surface area (Å²) in [5.74, 6) is -0.413. The Bertz CT molecular complexity index is 515. The van der Waals surface area contributed by atoms with Crippen LogP contribution in [0.4, 0.5) is 5.82 Å². The molecule has 1 N–H and O–H groups in total. The van der Waals surface area contributed by atoms with Gasteiger partial charge in [0.2, 0.25) is 5.28 Å². The van der Waals surface area contributed by atoms with Gasteiger partial charge in [0.1, 0.15) is 5.02 Å². The van der Waals surface area contributed by atoms with Crippen LogP contribution in [-0.4, -0.2) is 60.6 Å². The minimum absolute atomic E-state index is 0.0431. The quantitative estimate of drug-likeness (QED) is 0.650. The number of ether oxygens (including phenoxy) is 2. The lowest BCUT2D eigenvalue weighted by Crippen LogP contribution is -2.48. The standard InChI is InChI=1S/C11H13Cl2N3O4/c1-19-10(18)8-7(12)9(15-11(13)14-8)16-2-3-20-5-6(16)4-17/h6,17H,2-5H2,1H3. The van der Waals surface area contributed by atoms with E-state index in [1.165, 1.54) is 7.11 Å². The first-order valence-electron chi connectivity index (χ1n) is 5.85. The van der Waals surface area contributed by atoms with Gasteiger partial charge in [0.05, 0.1) is 33.0 Å². The molecule has 0 amide bonds. The van der Waals surface area contributed by atoms with Crippen molar-refractivity contribution >= 4 is 35.0 Å². The molecule has 1 unspecified atom stereocenters. The van der Waals surface area contributed by atoms with Gasteiger partial charge < -0.3 is 19.5 Å². The zero-order chi connectivity index (χ0) is 14.7.